The largest absolute Gasteiger partial charge is 0.244 e. The minimum absolute atomic E-state index is 0.367. The van der Waals surface area contributed by atoms with Gasteiger partial charge in [0.05, 0.1) is 4.90 Å². The average Bonchev–Trinajstić information content (AvgIpc) is 2.33. The fraction of sp³-hybridized carbons (Fsp3) is 0.538. The van der Waals surface area contributed by atoms with Crippen molar-refractivity contribution in [2.45, 2.75) is 25.2 Å². The molecule has 2 rings (SSSR count). The lowest BCUT2D eigenvalue weighted by molar-refractivity contribution is 0.212. The molecule has 100 valence electrons. The van der Waals surface area contributed by atoms with Crippen molar-refractivity contribution in [1.29, 1.82) is 0 Å². The lowest BCUT2D eigenvalue weighted by atomic mass is 9.90. The molecule has 0 unspecified atom stereocenters. The predicted molar refractivity (Wildman–Crippen MR) is 75.8 cm³/mol. The number of rotatable bonds is 2. The van der Waals surface area contributed by atoms with E-state index in [1.54, 1.807) is 22.5 Å². The van der Waals surface area contributed by atoms with Crippen LogP contribution in [0.25, 0.3) is 0 Å². The molecule has 1 fully saturated rings. The molecule has 0 N–H and O–H groups in total. The first-order valence-corrected chi connectivity index (χ1v) is 8.41. The van der Waals surface area contributed by atoms with E-state index in [1.165, 1.54) is 0 Å². The molecule has 18 heavy (non-hydrogen) atoms. The van der Waals surface area contributed by atoms with Crippen LogP contribution in [0.1, 0.15) is 20.3 Å². The van der Waals surface area contributed by atoms with Crippen LogP contribution in [0.4, 0.5) is 0 Å². The van der Waals surface area contributed by atoms with Crippen LogP contribution in [0.2, 0.25) is 0 Å². The number of benzene rings is 1. The number of piperidine rings is 1. The number of hydrogen-bond acceptors (Lipinski definition) is 2. The van der Waals surface area contributed by atoms with Crippen molar-refractivity contribution >= 4 is 26.0 Å². The normalized spacial score (nSPS) is 26.2. The van der Waals surface area contributed by atoms with E-state index in [4.69, 9.17) is 0 Å². The minimum atomic E-state index is -3.36. The summed E-state index contributed by atoms with van der Waals surface area (Å²) in [7, 11) is -3.36. The monoisotopic (exact) mass is 331 g/mol. The molecule has 1 heterocycles. The van der Waals surface area contributed by atoms with E-state index in [2.05, 4.69) is 29.8 Å². The first-order chi connectivity index (χ1) is 8.43. The quantitative estimate of drug-likeness (QED) is 0.834. The Morgan fingerprint density at radius 1 is 1.22 bits per heavy atom. The van der Waals surface area contributed by atoms with Gasteiger partial charge < -0.3 is 0 Å². The van der Waals surface area contributed by atoms with Crippen LogP contribution in [-0.2, 0) is 10.0 Å². The fourth-order valence-corrected chi connectivity index (χ4v) is 4.75. The van der Waals surface area contributed by atoms with Crippen molar-refractivity contribution < 1.29 is 8.42 Å². The highest BCUT2D eigenvalue weighted by molar-refractivity contribution is 9.10. The Kier molecular flexibility index (Phi) is 4.14. The number of halogens is 1. The molecule has 0 bridgehead atoms. The van der Waals surface area contributed by atoms with Gasteiger partial charge in [-0.25, -0.2) is 8.42 Å². The van der Waals surface area contributed by atoms with Gasteiger partial charge in [0.1, 0.15) is 0 Å². The molecule has 5 heteroatoms. The maximum Gasteiger partial charge on any atom is 0.244 e. The van der Waals surface area contributed by atoms with E-state index < -0.39 is 10.0 Å². The molecule has 2 atom stereocenters. The van der Waals surface area contributed by atoms with Gasteiger partial charge >= 0.3 is 0 Å². The average molecular weight is 332 g/mol. The third-order valence-electron chi connectivity index (χ3n) is 3.75. The lowest BCUT2D eigenvalue weighted by Crippen LogP contribution is -2.42. The van der Waals surface area contributed by atoms with Crippen molar-refractivity contribution in [3.05, 3.63) is 28.7 Å². The summed E-state index contributed by atoms with van der Waals surface area (Å²) in [6.07, 6.45) is 0.935. The van der Waals surface area contributed by atoms with Crippen molar-refractivity contribution in [2.24, 2.45) is 11.8 Å². The van der Waals surface area contributed by atoms with Crippen LogP contribution < -0.4 is 0 Å². The maximum absolute atomic E-state index is 12.6. The van der Waals surface area contributed by atoms with Crippen molar-refractivity contribution in [1.82, 2.24) is 4.31 Å². The molecule has 1 aliphatic heterocycles. The van der Waals surface area contributed by atoms with E-state index in [0.717, 1.165) is 6.42 Å². The van der Waals surface area contributed by atoms with Crippen LogP contribution in [0.3, 0.4) is 0 Å². The Hall–Kier alpha value is -0.390. The first kappa shape index (κ1) is 14.0. The highest BCUT2D eigenvalue weighted by Gasteiger charge is 2.32. The third kappa shape index (κ3) is 2.63. The number of nitrogens with zero attached hydrogens (tertiary/aromatic N) is 1. The Labute approximate surface area is 117 Å². The molecule has 0 aliphatic carbocycles. The second-order valence-electron chi connectivity index (χ2n) is 5.04. The van der Waals surface area contributed by atoms with Gasteiger partial charge in [0.15, 0.2) is 0 Å². The molecule has 1 aromatic rings. The van der Waals surface area contributed by atoms with E-state index in [1.807, 2.05) is 6.07 Å². The van der Waals surface area contributed by atoms with Gasteiger partial charge in [-0.15, -0.1) is 0 Å². The Morgan fingerprint density at radius 3 is 2.50 bits per heavy atom. The minimum Gasteiger partial charge on any atom is -0.207 e. The number of hydrogen-bond donors (Lipinski definition) is 0. The topological polar surface area (TPSA) is 37.4 Å². The van der Waals surface area contributed by atoms with Crippen molar-refractivity contribution in [3.8, 4) is 0 Å². The van der Waals surface area contributed by atoms with Gasteiger partial charge in [0.25, 0.3) is 0 Å². The summed E-state index contributed by atoms with van der Waals surface area (Å²) in [6.45, 7) is 5.54. The molecular formula is C13H18BrNO2S. The molecule has 0 aromatic heterocycles. The summed E-state index contributed by atoms with van der Waals surface area (Å²) >= 11 is 3.32. The van der Waals surface area contributed by atoms with E-state index in [0.29, 0.717) is 34.3 Å². The number of sulfonamides is 1. The van der Waals surface area contributed by atoms with Gasteiger partial charge in [-0.2, -0.15) is 4.31 Å². The summed E-state index contributed by atoms with van der Waals surface area (Å²) < 4.78 is 27.4. The first-order valence-electron chi connectivity index (χ1n) is 6.17. The summed E-state index contributed by atoms with van der Waals surface area (Å²) in [6, 6.07) is 7.00. The SMILES string of the molecule is C[C@@H]1CCN(S(=O)(=O)c2ccccc2Br)C[C@H]1C. The Bertz CT molecular complexity index is 530. The van der Waals surface area contributed by atoms with Crippen LogP contribution >= 0.6 is 15.9 Å². The van der Waals surface area contributed by atoms with Crippen LogP contribution in [0.15, 0.2) is 33.6 Å². The molecule has 0 saturated carbocycles. The van der Waals surface area contributed by atoms with E-state index in [9.17, 15) is 8.42 Å². The van der Waals surface area contributed by atoms with Gasteiger partial charge in [0.2, 0.25) is 10.0 Å². The van der Waals surface area contributed by atoms with Gasteiger partial charge in [-0.05, 0) is 46.3 Å². The van der Waals surface area contributed by atoms with Crippen molar-refractivity contribution in [3.63, 3.8) is 0 Å². The Balaban J connectivity index is 2.30. The molecule has 1 saturated heterocycles. The predicted octanol–water partition coefficient (Wildman–Crippen LogP) is 3.12. The fourth-order valence-electron chi connectivity index (χ4n) is 2.24. The summed E-state index contributed by atoms with van der Waals surface area (Å²) in [4.78, 5) is 0.367. The van der Waals surface area contributed by atoms with E-state index in [-0.39, 0.29) is 0 Å². The zero-order valence-corrected chi connectivity index (χ0v) is 13.0. The molecule has 0 spiro atoms. The van der Waals surface area contributed by atoms with Crippen molar-refractivity contribution in [2.75, 3.05) is 13.1 Å². The maximum atomic E-state index is 12.6. The van der Waals surface area contributed by atoms with Gasteiger partial charge in [0, 0.05) is 17.6 Å². The molecule has 0 radical (unpaired) electrons. The van der Waals surface area contributed by atoms with Crippen LogP contribution in [0.5, 0.6) is 0 Å². The van der Waals surface area contributed by atoms with Crippen LogP contribution in [0, 0.1) is 11.8 Å². The highest BCUT2D eigenvalue weighted by Crippen LogP contribution is 2.30. The summed E-state index contributed by atoms with van der Waals surface area (Å²) in [5.41, 5.74) is 0. The molecule has 1 aromatic carbocycles. The van der Waals surface area contributed by atoms with Crippen LogP contribution in [-0.4, -0.2) is 25.8 Å². The molecule has 0 amide bonds. The van der Waals surface area contributed by atoms with Gasteiger partial charge in [-0.3, -0.25) is 0 Å². The lowest BCUT2D eigenvalue weighted by Gasteiger charge is -2.34. The second kappa shape index (κ2) is 5.31. The zero-order valence-electron chi connectivity index (χ0n) is 10.6. The molecular weight excluding hydrogens is 314 g/mol. The van der Waals surface area contributed by atoms with Gasteiger partial charge in [-0.1, -0.05) is 26.0 Å². The molecule has 3 nitrogen and oxygen atoms in total. The smallest absolute Gasteiger partial charge is 0.207 e. The summed E-state index contributed by atoms with van der Waals surface area (Å²) in [5, 5.41) is 0. The summed E-state index contributed by atoms with van der Waals surface area (Å²) in [5.74, 6) is 1.01. The Morgan fingerprint density at radius 2 is 1.89 bits per heavy atom. The third-order valence-corrected chi connectivity index (χ3v) is 6.63. The zero-order chi connectivity index (χ0) is 13.3. The van der Waals surface area contributed by atoms with E-state index >= 15 is 0 Å². The highest BCUT2D eigenvalue weighted by atomic mass is 79.9. The second-order valence-corrected chi connectivity index (χ2v) is 7.80. The molecule has 1 aliphatic rings. The standard InChI is InChI=1S/C13H18BrNO2S/c1-10-7-8-15(9-11(10)2)18(16,17)13-6-4-3-5-12(13)14/h3-6,10-11H,7-9H2,1-2H3/t10-,11-/m1/s1.